The molecular formula is C9H20N4O. The van der Waals surface area contributed by atoms with Crippen molar-refractivity contribution >= 4 is 5.96 Å². The molecule has 3 N–H and O–H groups in total. The molecule has 1 aliphatic heterocycles. The maximum atomic E-state index is 5.59. The molecule has 1 saturated heterocycles. The molecule has 5 nitrogen and oxygen atoms in total. The molecule has 1 aliphatic rings. The molecule has 1 unspecified atom stereocenters. The Kier molecular flexibility index (Phi) is 4.69. The van der Waals surface area contributed by atoms with Gasteiger partial charge in [-0.15, -0.1) is 0 Å². The quantitative estimate of drug-likeness (QED) is 0.464. The van der Waals surface area contributed by atoms with Crippen molar-refractivity contribution in [1.82, 2.24) is 10.2 Å². The molecule has 1 fully saturated rings. The van der Waals surface area contributed by atoms with E-state index < -0.39 is 0 Å². The van der Waals surface area contributed by atoms with Crippen molar-refractivity contribution in [3.8, 4) is 0 Å². The maximum absolute atomic E-state index is 5.59. The number of hydrogen-bond donors (Lipinski definition) is 2. The molecule has 14 heavy (non-hydrogen) atoms. The molecule has 0 spiro atoms. The second-order valence-electron chi connectivity index (χ2n) is 3.38. The molecular weight excluding hydrogens is 180 g/mol. The summed E-state index contributed by atoms with van der Waals surface area (Å²) < 4.78 is 5.59. The molecule has 1 rings (SSSR count). The minimum Gasteiger partial charge on any atom is -0.374 e. The van der Waals surface area contributed by atoms with Crippen LogP contribution in [-0.4, -0.2) is 56.8 Å². The van der Waals surface area contributed by atoms with Gasteiger partial charge in [0, 0.05) is 26.7 Å². The van der Waals surface area contributed by atoms with Crippen molar-refractivity contribution in [3.63, 3.8) is 0 Å². The molecule has 1 heterocycles. The van der Waals surface area contributed by atoms with Gasteiger partial charge in [0.1, 0.15) is 0 Å². The van der Waals surface area contributed by atoms with E-state index in [1.165, 1.54) is 0 Å². The lowest BCUT2D eigenvalue weighted by Crippen LogP contribution is -2.48. The number of aliphatic imine (C=N–C) groups is 1. The van der Waals surface area contributed by atoms with E-state index in [9.17, 15) is 0 Å². The highest BCUT2D eigenvalue weighted by Crippen LogP contribution is 2.03. The van der Waals surface area contributed by atoms with Crippen molar-refractivity contribution in [2.24, 2.45) is 10.7 Å². The zero-order valence-corrected chi connectivity index (χ0v) is 8.99. The van der Waals surface area contributed by atoms with Gasteiger partial charge in [0.2, 0.25) is 0 Å². The average Bonchev–Trinajstić information content (AvgIpc) is 2.26. The van der Waals surface area contributed by atoms with Crippen molar-refractivity contribution < 1.29 is 4.74 Å². The lowest BCUT2D eigenvalue weighted by Gasteiger charge is -2.32. The SMILES string of the molecule is CCN1CCOC(CNC(N)=NC)C1. The standard InChI is InChI=1S/C9H20N4O/c1-3-13-4-5-14-8(7-13)6-12-9(10)11-2/h8H,3-7H2,1-2H3,(H3,10,11,12). The highest BCUT2D eigenvalue weighted by molar-refractivity contribution is 5.77. The molecule has 0 bridgehead atoms. The fourth-order valence-electron chi connectivity index (χ4n) is 1.49. The third-order valence-corrected chi connectivity index (χ3v) is 2.42. The summed E-state index contributed by atoms with van der Waals surface area (Å²) >= 11 is 0. The minimum atomic E-state index is 0.226. The van der Waals surface area contributed by atoms with Crippen LogP contribution in [0.4, 0.5) is 0 Å². The summed E-state index contributed by atoms with van der Waals surface area (Å²) in [6, 6.07) is 0. The number of morpholine rings is 1. The van der Waals surface area contributed by atoms with E-state index in [-0.39, 0.29) is 6.10 Å². The van der Waals surface area contributed by atoms with Gasteiger partial charge in [0.15, 0.2) is 5.96 Å². The zero-order valence-electron chi connectivity index (χ0n) is 8.99. The van der Waals surface area contributed by atoms with Crippen LogP contribution in [0.1, 0.15) is 6.92 Å². The smallest absolute Gasteiger partial charge is 0.188 e. The van der Waals surface area contributed by atoms with E-state index in [1.807, 2.05) is 0 Å². The summed E-state index contributed by atoms with van der Waals surface area (Å²) in [6.45, 7) is 6.79. The van der Waals surface area contributed by atoms with Crippen LogP contribution in [-0.2, 0) is 4.74 Å². The Bertz CT molecular complexity index is 195. The average molecular weight is 200 g/mol. The second-order valence-corrected chi connectivity index (χ2v) is 3.38. The van der Waals surface area contributed by atoms with Gasteiger partial charge in [-0.25, -0.2) is 0 Å². The monoisotopic (exact) mass is 200 g/mol. The highest BCUT2D eigenvalue weighted by atomic mass is 16.5. The summed E-state index contributed by atoms with van der Waals surface area (Å²) in [6.07, 6.45) is 0.226. The van der Waals surface area contributed by atoms with Gasteiger partial charge in [0.25, 0.3) is 0 Å². The molecule has 0 radical (unpaired) electrons. The van der Waals surface area contributed by atoms with E-state index in [4.69, 9.17) is 10.5 Å². The third-order valence-electron chi connectivity index (χ3n) is 2.42. The first-order valence-corrected chi connectivity index (χ1v) is 5.06. The summed E-state index contributed by atoms with van der Waals surface area (Å²) in [4.78, 5) is 6.20. The first kappa shape index (κ1) is 11.3. The lowest BCUT2D eigenvalue weighted by molar-refractivity contribution is -0.0233. The van der Waals surface area contributed by atoms with E-state index in [0.717, 1.165) is 32.8 Å². The van der Waals surface area contributed by atoms with Gasteiger partial charge in [0.05, 0.1) is 12.7 Å². The van der Waals surface area contributed by atoms with Crippen LogP contribution >= 0.6 is 0 Å². The Morgan fingerprint density at radius 2 is 2.50 bits per heavy atom. The number of nitrogens with one attached hydrogen (secondary N) is 1. The van der Waals surface area contributed by atoms with Gasteiger partial charge in [-0.3, -0.25) is 9.89 Å². The molecule has 0 aliphatic carbocycles. The van der Waals surface area contributed by atoms with Crippen molar-refractivity contribution in [2.45, 2.75) is 13.0 Å². The number of likely N-dealkylation sites (N-methyl/N-ethyl adjacent to an activating group) is 1. The summed E-state index contributed by atoms with van der Waals surface area (Å²) in [5.74, 6) is 0.474. The van der Waals surface area contributed by atoms with E-state index in [1.54, 1.807) is 7.05 Å². The number of guanidine groups is 1. The fraction of sp³-hybridized carbons (Fsp3) is 0.889. The van der Waals surface area contributed by atoms with Crippen molar-refractivity contribution in [3.05, 3.63) is 0 Å². The first-order valence-electron chi connectivity index (χ1n) is 5.06. The molecule has 0 saturated carbocycles. The number of nitrogens with two attached hydrogens (primary N) is 1. The normalized spacial score (nSPS) is 25.0. The molecule has 82 valence electrons. The van der Waals surface area contributed by atoms with E-state index >= 15 is 0 Å². The highest BCUT2D eigenvalue weighted by Gasteiger charge is 2.18. The van der Waals surface area contributed by atoms with Gasteiger partial charge in [-0.1, -0.05) is 6.92 Å². The Labute approximate surface area is 85.3 Å². The summed E-state index contributed by atoms with van der Waals surface area (Å²) in [7, 11) is 1.67. The molecule has 0 aromatic carbocycles. The van der Waals surface area contributed by atoms with Gasteiger partial charge >= 0.3 is 0 Å². The maximum Gasteiger partial charge on any atom is 0.188 e. The Balaban J connectivity index is 2.24. The molecule has 0 aromatic rings. The topological polar surface area (TPSA) is 62.9 Å². The summed E-state index contributed by atoms with van der Waals surface area (Å²) in [5.41, 5.74) is 5.53. The Morgan fingerprint density at radius 3 is 3.14 bits per heavy atom. The second kappa shape index (κ2) is 5.82. The Morgan fingerprint density at radius 1 is 1.71 bits per heavy atom. The number of ether oxygens (including phenoxy) is 1. The zero-order chi connectivity index (χ0) is 10.4. The molecule has 1 atom stereocenters. The molecule has 0 amide bonds. The summed E-state index contributed by atoms with van der Waals surface area (Å²) in [5, 5.41) is 3.02. The van der Waals surface area contributed by atoms with Crippen molar-refractivity contribution in [1.29, 1.82) is 0 Å². The number of rotatable bonds is 3. The van der Waals surface area contributed by atoms with Gasteiger partial charge in [-0.05, 0) is 6.54 Å². The minimum absolute atomic E-state index is 0.226. The largest absolute Gasteiger partial charge is 0.374 e. The van der Waals surface area contributed by atoms with Gasteiger partial charge in [-0.2, -0.15) is 0 Å². The third kappa shape index (κ3) is 3.51. The first-order chi connectivity index (χ1) is 6.76. The van der Waals surface area contributed by atoms with Crippen LogP contribution < -0.4 is 11.1 Å². The van der Waals surface area contributed by atoms with Crippen LogP contribution in [0.5, 0.6) is 0 Å². The van der Waals surface area contributed by atoms with E-state index in [0.29, 0.717) is 5.96 Å². The van der Waals surface area contributed by atoms with Crippen molar-refractivity contribution in [2.75, 3.05) is 39.8 Å². The number of nitrogens with zero attached hydrogens (tertiary/aromatic N) is 2. The van der Waals surface area contributed by atoms with Crippen LogP contribution in [0.25, 0.3) is 0 Å². The predicted molar refractivity (Wildman–Crippen MR) is 57.4 cm³/mol. The van der Waals surface area contributed by atoms with Crippen LogP contribution in [0, 0.1) is 0 Å². The molecule has 0 aromatic heterocycles. The van der Waals surface area contributed by atoms with Crippen LogP contribution in [0.2, 0.25) is 0 Å². The number of hydrogen-bond acceptors (Lipinski definition) is 3. The fourth-order valence-corrected chi connectivity index (χ4v) is 1.49. The van der Waals surface area contributed by atoms with Crippen LogP contribution in [0.15, 0.2) is 4.99 Å². The molecule has 5 heteroatoms. The Hall–Kier alpha value is -0.810. The van der Waals surface area contributed by atoms with Crippen LogP contribution in [0.3, 0.4) is 0 Å². The van der Waals surface area contributed by atoms with Gasteiger partial charge < -0.3 is 15.8 Å². The lowest BCUT2D eigenvalue weighted by atomic mass is 10.2. The predicted octanol–water partition coefficient (Wildman–Crippen LogP) is -0.759. The van der Waals surface area contributed by atoms with E-state index in [2.05, 4.69) is 22.1 Å².